The molecule has 3 atom stereocenters. The lowest BCUT2D eigenvalue weighted by molar-refractivity contribution is -0.140. The second-order valence-electron chi connectivity index (χ2n) is 9.40. The number of H-pyrrole nitrogens is 1. The summed E-state index contributed by atoms with van der Waals surface area (Å²) in [6, 6.07) is 14.2. The fourth-order valence-electron chi connectivity index (χ4n) is 4.46. The van der Waals surface area contributed by atoms with Crippen molar-refractivity contribution >= 4 is 38.7 Å². The Morgan fingerprint density at radius 1 is 1.29 bits per heavy atom. The standard InChI is InChI=1S/C26H28BrN5O3/c1-15(2)26(3,31-25(34)35-4)24(33)32-14-16(12-28)9-22(32)23-29-13-21(30-23)19-6-5-18-11-20(27)8-7-17(18)10-19/h5-8,10-11,13,15-16,22H,9,14H2,1-4H3,(H,29,30)(H,31,34). The molecule has 1 aliphatic rings. The Hall–Kier alpha value is -3.38. The molecule has 2 N–H and O–H groups in total. The summed E-state index contributed by atoms with van der Waals surface area (Å²) in [5.41, 5.74) is 0.611. The van der Waals surface area contributed by atoms with Gasteiger partial charge in [-0.2, -0.15) is 5.26 Å². The van der Waals surface area contributed by atoms with E-state index >= 15 is 0 Å². The summed E-state index contributed by atoms with van der Waals surface area (Å²) in [6.45, 7) is 5.69. The largest absolute Gasteiger partial charge is 0.453 e. The van der Waals surface area contributed by atoms with E-state index in [1.165, 1.54) is 7.11 Å². The van der Waals surface area contributed by atoms with Crippen LogP contribution in [0.5, 0.6) is 0 Å². The molecule has 182 valence electrons. The highest BCUT2D eigenvalue weighted by atomic mass is 79.9. The van der Waals surface area contributed by atoms with Crippen LogP contribution in [-0.4, -0.2) is 46.1 Å². The van der Waals surface area contributed by atoms with Crippen molar-refractivity contribution in [2.24, 2.45) is 11.8 Å². The maximum atomic E-state index is 13.8. The third-order valence-corrected chi connectivity index (χ3v) is 7.41. The van der Waals surface area contributed by atoms with Gasteiger partial charge in [-0.3, -0.25) is 4.79 Å². The highest BCUT2D eigenvalue weighted by Crippen LogP contribution is 2.37. The van der Waals surface area contributed by atoms with Gasteiger partial charge in [-0.25, -0.2) is 9.78 Å². The van der Waals surface area contributed by atoms with Crippen molar-refractivity contribution in [1.82, 2.24) is 20.2 Å². The van der Waals surface area contributed by atoms with Gasteiger partial charge in [0.25, 0.3) is 0 Å². The molecule has 1 fully saturated rings. The molecule has 3 aromatic rings. The Labute approximate surface area is 212 Å². The van der Waals surface area contributed by atoms with Gasteiger partial charge in [-0.05, 0) is 48.2 Å². The van der Waals surface area contributed by atoms with Gasteiger partial charge < -0.3 is 19.9 Å². The first-order chi connectivity index (χ1) is 16.7. The number of aromatic nitrogens is 2. The minimum Gasteiger partial charge on any atom is -0.453 e. The Bertz CT molecular complexity index is 1310. The monoisotopic (exact) mass is 537 g/mol. The fourth-order valence-corrected chi connectivity index (χ4v) is 4.83. The SMILES string of the molecule is COC(=O)NC(C)(C(=O)N1CC(C#N)CC1c1ncc(-c2ccc3cc(Br)ccc3c2)[nH]1)C(C)C. The average Bonchev–Trinajstić information content (AvgIpc) is 3.50. The molecule has 2 amide bonds. The number of carbonyl (C=O) groups is 2. The third kappa shape index (κ3) is 4.76. The zero-order chi connectivity index (χ0) is 25.3. The Kier molecular flexibility index (Phi) is 6.86. The molecule has 2 aromatic carbocycles. The zero-order valence-corrected chi connectivity index (χ0v) is 21.7. The first-order valence-electron chi connectivity index (χ1n) is 11.5. The van der Waals surface area contributed by atoms with Crippen molar-refractivity contribution < 1.29 is 14.3 Å². The fraction of sp³-hybridized carbons (Fsp3) is 0.385. The molecule has 9 heteroatoms. The summed E-state index contributed by atoms with van der Waals surface area (Å²) >= 11 is 3.50. The van der Waals surface area contributed by atoms with Crippen LogP contribution >= 0.6 is 15.9 Å². The quantitative estimate of drug-likeness (QED) is 0.465. The number of fused-ring (bicyclic) bond motifs is 1. The molecule has 4 rings (SSSR count). The van der Waals surface area contributed by atoms with Crippen LogP contribution in [0.4, 0.5) is 4.79 Å². The van der Waals surface area contributed by atoms with Gasteiger partial charge in [0.15, 0.2) is 0 Å². The second-order valence-corrected chi connectivity index (χ2v) is 10.3. The molecule has 35 heavy (non-hydrogen) atoms. The Morgan fingerprint density at radius 3 is 2.69 bits per heavy atom. The number of hydrogen-bond donors (Lipinski definition) is 2. The molecule has 0 radical (unpaired) electrons. The number of ether oxygens (including phenoxy) is 1. The average molecular weight is 538 g/mol. The first kappa shape index (κ1) is 24.7. The minimum atomic E-state index is -1.20. The number of nitriles is 1. The number of halogens is 1. The maximum absolute atomic E-state index is 13.8. The topological polar surface area (TPSA) is 111 Å². The summed E-state index contributed by atoms with van der Waals surface area (Å²) in [7, 11) is 1.26. The van der Waals surface area contributed by atoms with Gasteiger partial charge in [-0.15, -0.1) is 0 Å². The molecule has 0 bridgehead atoms. The van der Waals surface area contributed by atoms with Crippen LogP contribution in [0.3, 0.4) is 0 Å². The van der Waals surface area contributed by atoms with Crippen LogP contribution in [0, 0.1) is 23.2 Å². The lowest BCUT2D eigenvalue weighted by atomic mass is 9.86. The number of likely N-dealkylation sites (tertiary alicyclic amines) is 1. The van der Waals surface area contributed by atoms with Crippen molar-refractivity contribution in [3.8, 4) is 17.3 Å². The Balaban J connectivity index is 1.65. The summed E-state index contributed by atoms with van der Waals surface area (Å²) in [4.78, 5) is 35.4. The number of hydrogen-bond acceptors (Lipinski definition) is 5. The highest BCUT2D eigenvalue weighted by Gasteiger charge is 2.47. The molecule has 2 heterocycles. The molecular formula is C26H28BrN5O3. The van der Waals surface area contributed by atoms with Crippen molar-refractivity contribution in [2.75, 3.05) is 13.7 Å². The Morgan fingerprint density at radius 2 is 2.00 bits per heavy atom. The maximum Gasteiger partial charge on any atom is 0.407 e. The van der Waals surface area contributed by atoms with Crippen LogP contribution in [-0.2, 0) is 9.53 Å². The molecule has 1 aliphatic heterocycles. The van der Waals surface area contributed by atoms with Gasteiger partial charge in [0.05, 0.1) is 37.0 Å². The van der Waals surface area contributed by atoms with Gasteiger partial charge in [0.1, 0.15) is 11.4 Å². The van der Waals surface area contributed by atoms with E-state index in [1.54, 1.807) is 18.0 Å². The molecule has 1 saturated heterocycles. The number of nitrogens with zero attached hydrogens (tertiary/aromatic N) is 3. The van der Waals surface area contributed by atoms with Crippen LogP contribution in [0.15, 0.2) is 47.1 Å². The summed E-state index contributed by atoms with van der Waals surface area (Å²) < 4.78 is 5.78. The van der Waals surface area contributed by atoms with E-state index in [-0.39, 0.29) is 24.3 Å². The predicted octanol–water partition coefficient (Wildman–Crippen LogP) is 5.18. The summed E-state index contributed by atoms with van der Waals surface area (Å²) in [5, 5.41) is 14.6. The van der Waals surface area contributed by atoms with Crippen molar-refractivity contribution in [1.29, 1.82) is 5.26 Å². The molecule has 0 spiro atoms. The number of nitrogens with one attached hydrogen (secondary N) is 2. The van der Waals surface area contributed by atoms with Gasteiger partial charge in [-0.1, -0.05) is 48.0 Å². The zero-order valence-electron chi connectivity index (χ0n) is 20.1. The highest BCUT2D eigenvalue weighted by molar-refractivity contribution is 9.10. The number of benzene rings is 2. The normalized spacial score (nSPS) is 19.4. The summed E-state index contributed by atoms with van der Waals surface area (Å²) in [5.74, 6) is -0.187. The first-order valence-corrected chi connectivity index (χ1v) is 12.3. The number of alkyl carbamates (subject to hydrolysis) is 1. The lowest BCUT2D eigenvalue weighted by Gasteiger charge is -2.37. The van der Waals surface area contributed by atoms with Gasteiger partial charge in [0.2, 0.25) is 5.91 Å². The number of amides is 2. The molecule has 0 aliphatic carbocycles. The van der Waals surface area contributed by atoms with Gasteiger partial charge >= 0.3 is 6.09 Å². The molecule has 8 nitrogen and oxygen atoms in total. The van der Waals surface area contributed by atoms with E-state index in [0.717, 1.165) is 26.5 Å². The van der Waals surface area contributed by atoms with Crippen LogP contribution in [0.25, 0.3) is 22.0 Å². The molecule has 0 saturated carbocycles. The van der Waals surface area contributed by atoms with E-state index in [0.29, 0.717) is 12.2 Å². The minimum absolute atomic E-state index is 0.208. The van der Waals surface area contributed by atoms with Crippen molar-refractivity contribution in [3.05, 3.63) is 52.9 Å². The number of carbonyl (C=O) groups excluding carboxylic acids is 2. The number of methoxy groups -OCH3 is 1. The second kappa shape index (κ2) is 9.70. The lowest BCUT2D eigenvalue weighted by Crippen LogP contribution is -2.60. The smallest absolute Gasteiger partial charge is 0.407 e. The van der Waals surface area contributed by atoms with E-state index in [1.807, 2.05) is 26.0 Å². The number of imidazole rings is 1. The molecular weight excluding hydrogens is 510 g/mol. The van der Waals surface area contributed by atoms with E-state index in [2.05, 4.69) is 61.5 Å². The van der Waals surface area contributed by atoms with Crippen LogP contribution < -0.4 is 5.32 Å². The number of rotatable bonds is 5. The predicted molar refractivity (Wildman–Crippen MR) is 136 cm³/mol. The van der Waals surface area contributed by atoms with Crippen LogP contribution in [0.1, 0.15) is 39.1 Å². The van der Waals surface area contributed by atoms with Crippen LogP contribution in [0.2, 0.25) is 0 Å². The van der Waals surface area contributed by atoms with E-state index in [9.17, 15) is 14.9 Å². The van der Waals surface area contributed by atoms with E-state index < -0.39 is 17.7 Å². The third-order valence-electron chi connectivity index (χ3n) is 6.92. The van der Waals surface area contributed by atoms with Crippen molar-refractivity contribution in [2.45, 2.75) is 38.8 Å². The molecule has 3 unspecified atom stereocenters. The number of aromatic amines is 1. The molecule has 1 aromatic heterocycles. The summed E-state index contributed by atoms with van der Waals surface area (Å²) in [6.07, 6.45) is 1.55. The van der Waals surface area contributed by atoms with E-state index in [4.69, 9.17) is 4.74 Å². The van der Waals surface area contributed by atoms with Gasteiger partial charge in [0, 0.05) is 16.6 Å². The van der Waals surface area contributed by atoms with Crippen molar-refractivity contribution in [3.63, 3.8) is 0 Å².